The van der Waals surface area contributed by atoms with Crippen molar-refractivity contribution >= 4 is 40.0 Å². The Bertz CT molecular complexity index is 1050. The molecule has 7 heteroatoms. The highest BCUT2D eigenvalue weighted by Crippen LogP contribution is 2.33. The Hall–Kier alpha value is -2.05. The number of hydrogen-bond acceptors (Lipinski definition) is 4. The van der Waals surface area contributed by atoms with Crippen LogP contribution in [0.25, 0.3) is 16.6 Å². The van der Waals surface area contributed by atoms with Crippen LogP contribution in [0.3, 0.4) is 0 Å². The minimum atomic E-state index is -0.314. The number of furan rings is 1. The van der Waals surface area contributed by atoms with Gasteiger partial charge in [-0.2, -0.15) is 0 Å². The summed E-state index contributed by atoms with van der Waals surface area (Å²) < 4.78 is 21.6. The molecule has 24 heavy (non-hydrogen) atoms. The summed E-state index contributed by atoms with van der Waals surface area (Å²) in [4.78, 5) is 0. The lowest BCUT2D eigenvalue weighted by molar-refractivity contribution is 0.579. The molecule has 4 aromatic rings. The second kappa shape index (κ2) is 5.79. The van der Waals surface area contributed by atoms with Crippen LogP contribution in [-0.2, 0) is 5.75 Å². The van der Waals surface area contributed by atoms with Crippen LogP contribution in [0.15, 0.2) is 39.8 Å². The Kier molecular flexibility index (Phi) is 3.73. The van der Waals surface area contributed by atoms with E-state index in [1.165, 1.54) is 17.8 Å². The van der Waals surface area contributed by atoms with E-state index in [4.69, 9.17) is 16.0 Å². The van der Waals surface area contributed by atoms with E-state index in [1.807, 2.05) is 30.4 Å². The Labute approximate surface area is 146 Å². The molecule has 1 aromatic carbocycles. The molecule has 0 saturated heterocycles. The van der Waals surface area contributed by atoms with Crippen molar-refractivity contribution in [2.75, 3.05) is 0 Å². The quantitative estimate of drug-likeness (QED) is 0.472. The van der Waals surface area contributed by atoms with Crippen molar-refractivity contribution in [3.8, 4) is 0 Å². The molecule has 0 aliphatic rings. The smallest absolute Gasteiger partial charge is 0.153 e. The van der Waals surface area contributed by atoms with Gasteiger partial charge in [0, 0.05) is 28.5 Å². The number of fused-ring (bicyclic) bond motifs is 3. The molecule has 4 rings (SSSR count). The third kappa shape index (κ3) is 2.46. The monoisotopic (exact) mass is 361 g/mol. The number of aromatic nitrogens is 3. The molecule has 0 spiro atoms. The lowest BCUT2D eigenvalue weighted by Gasteiger charge is -2.07. The molecule has 0 aliphatic carbocycles. The zero-order chi connectivity index (χ0) is 16.8. The van der Waals surface area contributed by atoms with Crippen molar-refractivity contribution in [3.63, 3.8) is 0 Å². The summed E-state index contributed by atoms with van der Waals surface area (Å²) >= 11 is 7.50. The number of thioether (sulfide) groups is 1. The van der Waals surface area contributed by atoms with E-state index >= 15 is 0 Å². The van der Waals surface area contributed by atoms with E-state index in [2.05, 4.69) is 10.2 Å². The van der Waals surface area contributed by atoms with Gasteiger partial charge in [-0.3, -0.25) is 4.40 Å². The van der Waals surface area contributed by atoms with Crippen molar-refractivity contribution in [1.82, 2.24) is 14.6 Å². The third-order valence-electron chi connectivity index (χ3n) is 3.86. The van der Waals surface area contributed by atoms with Crippen LogP contribution in [-0.4, -0.2) is 14.6 Å². The Morgan fingerprint density at radius 2 is 2.04 bits per heavy atom. The molecule has 0 fully saturated rings. The Morgan fingerprint density at radius 3 is 2.83 bits per heavy atom. The third-order valence-corrected chi connectivity index (χ3v) is 5.21. The van der Waals surface area contributed by atoms with Crippen LogP contribution >= 0.6 is 23.4 Å². The predicted molar refractivity (Wildman–Crippen MR) is 93.2 cm³/mol. The molecule has 0 aliphatic heterocycles. The van der Waals surface area contributed by atoms with Gasteiger partial charge < -0.3 is 4.42 Å². The SMILES string of the molecule is Cc1cc2c(cc3c(SCc4c(F)cccc4Cl)nnc(C)n32)o1. The summed E-state index contributed by atoms with van der Waals surface area (Å²) in [6, 6.07) is 8.60. The highest BCUT2D eigenvalue weighted by molar-refractivity contribution is 7.98. The number of nitrogens with zero attached hydrogens (tertiary/aromatic N) is 3. The fourth-order valence-electron chi connectivity index (χ4n) is 2.75. The lowest BCUT2D eigenvalue weighted by atomic mass is 10.2. The molecule has 0 atom stereocenters. The molecule has 0 amide bonds. The first-order valence-electron chi connectivity index (χ1n) is 7.35. The Morgan fingerprint density at radius 1 is 1.21 bits per heavy atom. The molecule has 0 saturated carbocycles. The number of hydrogen-bond donors (Lipinski definition) is 0. The summed E-state index contributed by atoms with van der Waals surface area (Å²) in [5.41, 5.74) is 3.11. The molecule has 4 nitrogen and oxygen atoms in total. The summed E-state index contributed by atoms with van der Waals surface area (Å²) in [7, 11) is 0. The van der Waals surface area contributed by atoms with Crippen LogP contribution in [0.2, 0.25) is 5.02 Å². The summed E-state index contributed by atoms with van der Waals surface area (Å²) in [6.07, 6.45) is 0. The van der Waals surface area contributed by atoms with Gasteiger partial charge in [0.15, 0.2) is 5.58 Å². The summed E-state index contributed by atoms with van der Waals surface area (Å²) in [5.74, 6) is 1.68. The highest BCUT2D eigenvalue weighted by Gasteiger charge is 2.16. The molecule has 0 unspecified atom stereocenters. The van der Waals surface area contributed by atoms with Crippen molar-refractivity contribution in [3.05, 3.63) is 58.3 Å². The maximum absolute atomic E-state index is 13.9. The van der Waals surface area contributed by atoms with Gasteiger partial charge in [-0.15, -0.1) is 10.2 Å². The molecule has 3 heterocycles. The van der Waals surface area contributed by atoms with Crippen LogP contribution < -0.4 is 0 Å². The van der Waals surface area contributed by atoms with Crippen molar-refractivity contribution in [2.45, 2.75) is 24.6 Å². The average Bonchev–Trinajstić information content (AvgIpc) is 3.05. The Balaban J connectivity index is 1.77. The first kappa shape index (κ1) is 15.5. The van der Waals surface area contributed by atoms with Crippen LogP contribution in [0.1, 0.15) is 17.1 Å². The van der Waals surface area contributed by atoms with Gasteiger partial charge in [0.25, 0.3) is 0 Å². The fourth-order valence-corrected chi connectivity index (χ4v) is 4.03. The lowest BCUT2D eigenvalue weighted by Crippen LogP contribution is -2.00. The maximum atomic E-state index is 13.9. The largest absolute Gasteiger partial charge is 0.460 e. The standard InChI is InChI=1S/C17H13ClFN3OS/c1-9-6-14-16(23-9)7-15-17(21-20-10(2)22(14)15)24-8-11-12(18)4-3-5-13(11)19/h3-7H,8H2,1-2H3. The number of rotatable bonds is 3. The van der Waals surface area contributed by atoms with Gasteiger partial charge in [-0.1, -0.05) is 29.4 Å². The van der Waals surface area contributed by atoms with Gasteiger partial charge >= 0.3 is 0 Å². The average molecular weight is 362 g/mol. The van der Waals surface area contributed by atoms with Crippen LogP contribution in [0.5, 0.6) is 0 Å². The van der Waals surface area contributed by atoms with E-state index in [-0.39, 0.29) is 5.82 Å². The summed E-state index contributed by atoms with van der Waals surface area (Å²) in [5, 5.41) is 9.61. The van der Waals surface area contributed by atoms with Gasteiger partial charge in [-0.05, 0) is 26.0 Å². The number of aryl methyl sites for hydroxylation is 2. The van der Waals surface area contributed by atoms with E-state index in [0.29, 0.717) is 21.4 Å². The van der Waals surface area contributed by atoms with Crippen molar-refractivity contribution < 1.29 is 8.81 Å². The predicted octanol–water partition coefficient (Wildman–Crippen LogP) is 5.18. The molecule has 0 bridgehead atoms. The number of halogens is 2. The fraction of sp³-hybridized carbons (Fsp3) is 0.176. The van der Waals surface area contributed by atoms with Crippen LogP contribution in [0, 0.1) is 19.7 Å². The highest BCUT2D eigenvalue weighted by atomic mass is 35.5. The van der Waals surface area contributed by atoms with Gasteiger partial charge in [0.05, 0.1) is 11.0 Å². The van der Waals surface area contributed by atoms with Gasteiger partial charge in [0.2, 0.25) is 0 Å². The van der Waals surface area contributed by atoms with Gasteiger partial charge in [-0.25, -0.2) is 4.39 Å². The second-order valence-corrected chi connectivity index (χ2v) is 6.88. The first-order valence-corrected chi connectivity index (χ1v) is 8.71. The molecule has 122 valence electrons. The van der Waals surface area contributed by atoms with Crippen molar-refractivity contribution in [2.24, 2.45) is 0 Å². The van der Waals surface area contributed by atoms with E-state index in [1.54, 1.807) is 12.1 Å². The normalized spacial score (nSPS) is 11.7. The zero-order valence-corrected chi connectivity index (χ0v) is 14.6. The first-order chi connectivity index (χ1) is 11.5. The molecular weight excluding hydrogens is 349 g/mol. The topological polar surface area (TPSA) is 43.3 Å². The van der Waals surface area contributed by atoms with E-state index < -0.39 is 0 Å². The van der Waals surface area contributed by atoms with E-state index in [9.17, 15) is 4.39 Å². The van der Waals surface area contributed by atoms with E-state index in [0.717, 1.165) is 28.2 Å². The van der Waals surface area contributed by atoms with Gasteiger partial charge in [0.1, 0.15) is 22.4 Å². The maximum Gasteiger partial charge on any atom is 0.153 e. The minimum Gasteiger partial charge on any atom is -0.460 e. The zero-order valence-electron chi connectivity index (χ0n) is 13.0. The second-order valence-electron chi connectivity index (χ2n) is 5.51. The minimum absolute atomic E-state index is 0.314. The number of benzene rings is 1. The summed E-state index contributed by atoms with van der Waals surface area (Å²) in [6.45, 7) is 3.80. The molecular formula is C17H13ClFN3OS. The van der Waals surface area contributed by atoms with Crippen LogP contribution in [0.4, 0.5) is 4.39 Å². The molecule has 0 N–H and O–H groups in total. The van der Waals surface area contributed by atoms with Crippen molar-refractivity contribution in [1.29, 1.82) is 0 Å². The molecule has 0 radical (unpaired) electrons. The molecule has 3 aromatic heterocycles.